The van der Waals surface area contributed by atoms with Gasteiger partial charge in [0, 0.05) is 48.6 Å². The second kappa shape index (κ2) is 11.8. The summed E-state index contributed by atoms with van der Waals surface area (Å²) < 4.78 is 1.94. The van der Waals surface area contributed by atoms with Crippen molar-refractivity contribution >= 4 is 40.3 Å². The Bertz CT molecular complexity index is 1670. The van der Waals surface area contributed by atoms with Crippen LogP contribution in [0.1, 0.15) is 52.5 Å². The van der Waals surface area contributed by atoms with Gasteiger partial charge in [0.1, 0.15) is 0 Å². The minimum atomic E-state index is -0.151. The molecule has 3 heterocycles. The molecule has 1 saturated heterocycles. The molecule has 3 aromatic carbocycles. The SMILES string of the molecule is Cc1ccc(NC(=S)Nc2cc(C(=O)NC(C)c3ccccc3)ccc2N2CC3CC(C2)c2cccc(=O)n2C3)cc1. The van der Waals surface area contributed by atoms with E-state index < -0.39 is 0 Å². The molecule has 3 N–H and O–H groups in total. The fourth-order valence-electron chi connectivity index (χ4n) is 6.17. The molecular weight excluding hydrogens is 542 g/mol. The first kappa shape index (κ1) is 27.7. The van der Waals surface area contributed by atoms with E-state index in [9.17, 15) is 9.59 Å². The van der Waals surface area contributed by atoms with E-state index in [1.54, 1.807) is 6.07 Å². The Morgan fingerprint density at radius 2 is 1.69 bits per heavy atom. The van der Waals surface area contributed by atoms with Crippen molar-refractivity contribution in [3.63, 3.8) is 0 Å². The van der Waals surface area contributed by atoms with Gasteiger partial charge in [-0.05, 0) is 80.4 Å². The van der Waals surface area contributed by atoms with Gasteiger partial charge in [0.15, 0.2) is 5.11 Å². The quantitative estimate of drug-likeness (QED) is 0.241. The van der Waals surface area contributed by atoms with Crippen LogP contribution in [0.2, 0.25) is 0 Å². The van der Waals surface area contributed by atoms with E-state index in [-0.39, 0.29) is 23.4 Å². The number of fused-ring (bicyclic) bond motifs is 4. The number of hydrogen-bond acceptors (Lipinski definition) is 4. The third-order valence-electron chi connectivity index (χ3n) is 8.28. The lowest BCUT2D eigenvalue weighted by Crippen LogP contribution is -2.47. The summed E-state index contributed by atoms with van der Waals surface area (Å²) in [7, 11) is 0. The maximum absolute atomic E-state index is 13.4. The van der Waals surface area contributed by atoms with Gasteiger partial charge >= 0.3 is 0 Å². The summed E-state index contributed by atoms with van der Waals surface area (Å²) in [4.78, 5) is 28.3. The Morgan fingerprint density at radius 3 is 2.48 bits per heavy atom. The highest BCUT2D eigenvalue weighted by atomic mass is 32.1. The first-order valence-electron chi connectivity index (χ1n) is 14.4. The number of amides is 1. The zero-order valence-electron chi connectivity index (χ0n) is 23.8. The molecule has 6 rings (SSSR count). The van der Waals surface area contributed by atoms with Crippen molar-refractivity contribution in [2.45, 2.75) is 38.8 Å². The summed E-state index contributed by atoms with van der Waals surface area (Å²) in [5.74, 6) is 0.463. The molecule has 1 amide bonds. The van der Waals surface area contributed by atoms with Crippen molar-refractivity contribution in [2.75, 3.05) is 28.6 Å². The van der Waals surface area contributed by atoms with Gasteiger partial charge in [0.2, 0.25) is 0 Å². The van der Waals surface area contributed by atoms with Gasteiger partial charge in [-0.25, -0.2) is 0 Å². The molecule has 1 aromatic heterocycles. The Hall–Kier alpha value is -4.43. The van der Waals surface area contributed by atoms with Gasteiger partial charge in [0.05, 0.1) is 17.4 Å². The molecule has 0 spiro atoms. The van der Waals surface area contributed by atoms with E-state index in [1.165, 1.54) is 5.56 Å². The van der Waals surface area contributed by atoms with Crippen LogP contribution >= 0.6 is 12.2 Å². The number of carbonyl (C=O) groups excluding carboxylic acids is 1. The number of benzene rings is 3. The van der Waals surface area contributed by atoms with Crippen molar-refractivity contribution in [3.8, 4) is 0 Å². The number of anilines is 3. The largest absolute Gasteiger partial charge is 0.369 e. The van der Waals surface area contributed by atoms with Crippen LogP contribution in [0.25, 0.3) is 0 Å². The number of rotatable bonds is 6. The molecule has 1 fully saturated rings. The molecule has 0 saturated carbocycles. The van der Waals surface area contributed by atoms with Crippen molar-refractivity contribution in [1.29, 1.82) is 0 Å². The molecule has 4 aromatic rings. The standard InChI is InChI=1S/C34H35N5O2S/c1-22-11-14-28(15-12-22)36-34(42)37-29-18-26(33(41)35-23(2)25-7-4-3-5-8-25)13-16-31(29)38-19-24-17-27(21-38)30-9-6-10-32(40)39(30)20-24/h3-16,18,23-24,27H,17,19-21H2,1-2H3,(H,35,41)(H2,36,37,42). The van der Waals surface area contributed by atoms with Crippen LogP contribution in [0, 0.1) is 12.8 Å². The Morgan fingerprint density at radius 1 is 0.905 bits per heavy atom. The zero-order valence-corrected chi connectivity index (χ0v) is 24.7. The number of aryl methyl sites for hydroxylation is 1. The van der Waals surface area contributed by atoms with Crippen LogP contribution in [0.5, 0.6) is 0 Å². The molecular formula is C34H35N5O2S. The molecule has 3 unspecified atom stereocenters. The Labute approximate surface area is 251 Å². The highest BCUT2D eigenvalue weighted by Crippen LogP contribution is 2.39. The molecule has 7 nitrogen and oxygen atoms in total. The molecule has 214 valence electrons. The number of thiocarbonyl (C=S) groups is 1. The number of hydrogen-bond donors (Lipinski definition) is 3. The monoisotopic (exact) mass is 577 g/mol. The van der Waals surface area contributed by atoms with Gasteiger partial charge in [-0.1, -0.05) is 54.1 Å². The fraction of sp³-hybridized carbons (Fsp3) is 0.265. The number of pyridine rings is 1. The smallest absolute Gasteiger partial charge is 0.251 e. The number of carbonyl (C=O) groups is 1. The molecule has 2 aliphatic heterocycles. The average Bonchev–Trinajstić information content (AvgIpc) is 2.99. The third-order valence-corrected chi connectivity index (χ3v) is 8.49. The van der Waals surface area contributed by atoms with E-state index in [1.807, 2.05) is 97.3 Å². The summed E-state index contributed by atoms with van der Waals surface area (Å²) >= 11 is 5.72. The maximum atomic E-state index is 13.4. The number of nitrogens with one attached hydrogen (secondary N) is 3. The molecule has 3 atom stereocenters. The van der Waals surface area contributed by atoms with E-state index in [2.05, 4.69) is 26.9 Å². The number of piperidine rings is 1. The van der Waals surface area contributed by atoms with Crippen LogP contribution < -0.4 is 26.4 Å². The predicted octanol–water partition coefficient (Wildman–Crippen LogP) is 6.08. The molecule has 8 heteroatoms. The van der Waals surface area contributed by atoms with E-state index in [0.717, 1.165) is 54.4 Å². The highest BCUT2D eigenvalue weighted by molar-refractivity contribution is 7.80. The lowest BCUT2D eigenvalue weighted by Gasteiger charge is -2.44. The fourth-order valence-corrected chi connectivity index (χ4v) is 6.40. The molecule has 0 aliphatic carbocycles. The third kappa shape index (κ3) is 5.94. The van der Waals surface area contributed by atoms with Crippen molar-refractivity contribution in [3.05, 3.63) is 124 Å². The highest BCUT2D eigenvalue weighted by Gasteiger charge is 2.35. The van der Waals surface area contributed by atoms with Gasteiger partial charge in [-0.3, -0.25) is 9.59 Å². The summed E-state index contributed by atoms with van der Waals surface area (Å²) in [5, 5.41) is 10.2. The number of aromatic nitrogens is 1. The predicted molar refractivity (Wildman–Crippen MR) is 174 cm³/mol. The summed E-state index contributed by atoms with van der Waals surface area (Å²) in [6.45, 7) is 6.35. The Balaban J connectivity index is 1.28. The minimum absolute atomic E-state index is 0.0747. The van der Waals surface area contributed by atoms with Crippen molar-refractivity contribution < 1.29 is 4.79 Å². The van der Waals surface area contributed by atoms with Crippen LogP contribution in [0.3, 0.4) is 0 Å². The minimum Gasteiger partial charge on any atom is -0.369 e. The van der Waals surface area contributed by atoms with Gasteiger partial charge in [-0.15, -0.1) is 0 Å². The van der Waals surface area contributed by atoms with Crippen LogP contribution in [-0.4, -0.2) is 28.7 Å². The molecule has 2 bridgehead atoms. The first-order valence-corrected chi connectivity index (χ1v) is 14.8. The molecule has 42 heavy (non-hydrogen) atoms. The zero-order chi connectivity index (χ0) is 29.2. The second-order valence-electron chi connectivity index (χ2n) is 11.4. The van der Waals surface area contributed by atoms with E-state index in [0.29, 0.717) is 16.6 Å². The van der Waals surface area contributed by atoms with Crippen molar-refractivity contribution in [1.82, 2.24) is 9.88 Å². The summed E-state index contributed by atoms with van der Waals surface area (Å²) in [5.41, 5.74) is 6.58. The van der Waals surface area contributed by atoms with Gasteiger partial charge in [0.25, 0.3) is 11.5 Å². The summed E-state index contributed by atoms with van der Waals surface area (Å²) in [6, 6.07) is 29.2. The van der Waals surface area contributed by atoms with Crippen LogP contribution in [0.15, 0.2) is 95.8 Å². The topological polar surface area (TPSA) is 78.4 Å². The summed E-state index contributed by atoms with van der Waals surface area (Å²) in [6.07, 6.45) is 1.06. The average molecular weight is 578 g/mol. The maximum Gasteiger partial charge on any atom is 0.251 e. The van der Waals surface area contributed by atoms with Gasteiger partial charge < -0.3 is 25.4 Å². The molecule has 0 radical (unpaired) electrons. The van der Waals surface area contributed by atoms with Crippen LogP contribution in [-0.2, 0) is 6.54 Å². The first-order chi connectivity index (χ1) is 20.3. The van der Waals surface area contributed by atoms with Gasteiger partial charge in [-0.2, -0.15) is 0 Å². The second-order valence-corrected chi connectivity index (χ2v) is 11.8. The van der Waals surface area contributed by atoms with E-state index in [4.69, 9.17) is 12.2 Å². The van der Waals surface area contributed by atoms with Crippen LogP contribution in [0.4, 0.5) is 17.1 Å². The normalized spacial score (nSPS) is 18.0. The lowest BCUT2D eigenvalue weighted by molar-refractivity contribution is 0.0940. The van der Waals surface area contributed by atoms with E-state index >= 15 is 0 Å². The van der Waals surface area contributed by atoms with Crippen molar-refractivity contribution in [2.24, 2.45) is 5.92 Å². The number of nitrogens with zero attached hydrogens (tertiary/aromatic N) is 2. The lowest BCUT2D eigenvalue weighted by atomic mass is 9.83. The Kier molecular flexibility index (Phi) is 7.80. The molecule has 2 aliphatic rings.